The fraction of sp³-hybridized carbons (Fsp3) is 0.308. The molecular formula is C13H18AsN3O6S. The minimum Gasteiger partial charge on any atom is -0.480 e. The zero-order valence-corrected chi connectivity index (χ0v) is 15.2. The third kappa shape index (κ3) is 7.80. The summed E-state index contributed by atoms with van der Waals surface area (Å²) in [6.45, 7) is -0.501. The average Bonchev–Trinajstić information content (AvgIpc) is 2.52. The van der Waals surface area contributed by atoms with E-state index in [0.29, 0.717) is 10.0 Å². The Bertz CT molecular complexity index is 584. The zero-order chi connectivity index (χ0) is 18.1. The minimum atomic E-state index is -2.91. The molecule has 24 heavy (non-hydrogen) atoms. The van der Waals surface area contributed by atoms with Crippen molar-refractivity contribution in [2.24, 2.45) is 5.73 Å². The number of carbonyl (C=O) groups excluding carboxylic acids is 2. The van der Waals surface area contributed by atoms with E-state index in [1.54, 1.807) is 12.1 Å². The zero-order valence-electron chi connectivity index (χ0n) is 12.5. The molecule has 1 rings (SSSR count). The number of anilines is 1. The molecule has 0 bridgehead atoms. The summed E-state index contributed by atoms with van der Waals surface area (Å²) in [5.74, 6) is -1.81. The van der Waals surface area contributed by atoms with Gasteiger partial charge in [0.05, 0.1) is 0 Å². The molecule has 1 atom stereocenters. The van der Waals surface area contributed by atoms with Crippen molar-refractivity contribution in [1.29, 1.82) is 0 Å². The van der Waals surface area contributed by atoms with E-state index in [9.17, 15) is 14.4 Å². The number of benzene rings is 1. The summed E-state index contributed by atoms with van der Waals surface area (Å²) in [7, 11) is 0. The normalized spacial score (nSPS) is 11.8. The van der Waals surface area contributed by atoms with Crippen molar-refractivity contribution >= 4 is 54.9 Å². The molecule has 0 heterocycles. The number of nitrogens with two attached hydrogens (primary N) is 1. The summed E-state index contributed by atoms with van der Waals surface area (Å²) >= 11 is -1.77. The van der Waals surface area contributed by atoms with Crippen LogP contribution in [0.25, 0.3) is 0 Å². The number of rotatable bonds is 9. The quantitative estimate of drug-likeness (QED) is 0.241. The summed E-state index contributed by atoms with van der Waals surface area (Å²) in [6.07, 6.45) is 0. The van der Waals surface area contributed by atoms with Gasteiger partial charge >= 0.3 is 131 Å². The summed E-state index contributed by atoms with van der Waals surface area (Å²) in [4.78, 5) is 33.5. The average molecular weight is 419 g/mol. The van der Waals surface area contributed by atoms with E-state index in [1.807, 2.05) is 0 Å². The van der Waals surface area contributed by atoms with Gasteiger partial charge in [0.1, 0.15) is 6.54 Å². The van der Waals surface area contributed by atoms with E-state index in [4.69, 9.17) is 19.0 Å². The van der Waals surface area contributed by atoms with E-state index in [1.165, 1.54) is 12.1 Å². The first-order valence-corrected chi connectivity index (χ1v) is 10.5. The van der Waals surface area contributed by atoms with Crippen molar-refractivity contribution in [3.8, 4) is 0 Å². The van der Waals surface area contributed by atoms with Crippen LogP contribution in [0.3, 0.4) is 0 Å². The second-order valence-corrected chi connectivity index (χ2v) is 7.95. The Morgan fingerprint density at radius 2 is 1.83 bits per heavy atom. The summed E-state index contributed by atoms with van der Waals surface area (Å²) in [5.41, 5.74) is 6.10. The first-order chi connectivity index (χ1) is 11.3. The summed E-state index contributed by atoms with van der Waals surface area (Å²) in [5, 5.41) is 13.2. The van der Waals surface area contributed by atoms with Crippen LogP contribution in [0.2, 0.25) is 0 Å². The maximum absolute atomic E-state index is 11.8. The van der Waals surface area contributed by atoms with Gasteiger partial charge in [0.2, 0.25) is 0 Å². The Morgan fingerprint density at radius 1 is 1.21 bits per heavy atom. The molecule has 0 aromatic heterocycles. The Morgan fingerprint density at radius 3 is 2.38 bits per heavy atom. The second kappa shape index (κ2) is 10.3. The number of amides is 2. The Hall–Kier alpha value is -1.58. The topological polar surface area (TPSA) is 162 Å². The molecule has 0 aliphatic heterocycles. The van der Waals surface area contributed by atoms with Crippen LogP contribution in [0.4, 0.5) is 5.69 Å². The minimum absolute atomic E-state index is 0.0689. The molecule has 0 radical (unpaired) electrons. The second-order valence-electron chi connectivity index (χ2n) is 4.62. The van der Waals surface area contributed by atoms with Crippen LogP contribution in [-0.4, -0.2) is 70.5 Å². The Kier molecular flexibility index (Phi) is 8.80. The predicted molar refractivity (Wildman–Crippen MR) is 90.8 cm³/mol. The number of carboxylic acids is 1. The van der Waals surface area contributed by atoms with Gasteiger partial charge in [0, 0.05) is 0 Å². The van der Waals surface area contributed by atoms with Gasteiger partial charge in [-0.3, -0.25) is 4.79 Å². The van der Waals surface area contributed by atoms with Crippen molar-refractivity contribution in [3.63, 3.8) is 0 Å². The Labute approximate surface area is 147 Å². The fourth-order valence-corrected chi connectivity index (χ4v) is 3.18. The summed E-state index contributed by atoms with van der Waals surface area (Å²) in [6, 6.07) is 5.29. The van der Waals surface area contributed by atoms with Gasteiger partial charge in [-0.05, 0) is 0 Å². The molecule has 0 unspecified atom stereocenters. The number of nitrogens with one attached hydrogen (secondary N) is 2. The molecule has 1 aromatic rings. The monoisotopic (exact) mass is 419 g/mol. The van der Waals surface area contributed by atoms with Gasteiger partial charge in [-0.15, -0.1) is 0 Å². The number of carbonyl (C=O) groups is 3. The van der Waals surface area contributed by atoms with Crippen molar-refractivity contribution in [1.82, 2.24) is 5.32 Å². The first kappa shape index (κ1) is 20.5. The molecule has 0 saturated heterocycles. The van der Waals surface area contributed by atoms with Gasteiger partial charge in [0.25, 0.3) is 0 Å². The standard InChI is InChI=1S/C13H18AsN3O6S/c15-10(13(21)16-5-12(19)20)6-24-7-11(18)17-9-3-1-8(2-4-9)14(22)23/h1-4,10,22-23H,5-7,15H2,(H,16,21)(H,17,18)(H,19,20)/t10-/m1/s1. The predicted octanol–water partition coefficient (Wildman–Crippen LogP) is -2.43. The van der Waals surface area contributed by atoms with Gasteiger partial charge in [-0.1, -0.05) is 0 Å². The van der Waals surface area contributed by atoms with Crippen LogP contribution in [-0.2, 0) is 14.4 Å². The van der Waals surface area contributed by atoms with Crippen LogP contribution in [0.15, 0.2) is 24.3 Å². The third-order valence-corrected chi connectivity index (χ3v) is 5.32. The van der Waals surface area contributed by atoms with Crippen molar-refractivity contribution in [2.75, 3.05) is 23.4 Å². The molecular weight excluding hydrogens is 401 g/mol. The maximum atomic E-state index is 11.8. The van der Waals surface area contributed by atoms with E-state index >= 15 is 0 Å². The van der Waals surface area contributed by atoms with Crippen LogP contribution in [0.1, 0.15) is 0 Å². The first-order valence-electron chi connectivity index (χ1n) is 6.70. The van der Waals surface area contributed by atoms with E-state index in [-0.39, 0.29) is 17.4 Å². The third-order valence-electron chi connectivity index (χ3n) is 2.66. The van der Waals surface area contributed by atoms with Gasteiger partial charge < -0.3 is 5.11 Å². The van der Waals surface area contributed by atoms with Gasteiger partial charge in [0.15, 0.2) is 0 Å². The molecule has 9 nitrogen and oxygen atoms in total. The smallest absolute Gasteiger partial charge is 0.480 e. The SMILES string of the molecule is N[C@H](CSCC(=O)Nc1ccc([As](O)O)cc1)C(=O)NCC(=O)O. The van der Waals surface area contributed by atoms with E-state index in [2.05, 4.69) is 10.6 Å². The number of thioether (sulfide) groups is 1. The van der Waals surface area contributed by atoms with Crippen LogP contribution < -0.4 is 20.7 Å². The van der Waals surface area contributed by atoms with E-state index < -0.39 is 39.8 Å². The molecule has 2 amide bonds. The van der Waals surface area contributed by atoms with Crippen LogP contribution in [0, 0.1) is 0 Å². The van der Waals surface area contributed by atoms with Crippen LogP contribution >= 0.6 is 11.8 Å². The fourth-order valence-electron chi connectivity index (χ4n) is 1.52. The number of carboxylic acid groups (broad SMARTS) is 1. The molecule has 0 saturated carbocycles. The molecule has 7 N–H and O–H groups in total. The van der Waals surface area contributed by atoms with Crippen molar-refractivity contribution in [2.45, 2.75) is 6.04 Å². The van der Waals surface area contributed by atoms with Crippen molar-refractivity contribution < 1.29 is 27.7 Å². The number of aliphatic carboxylic acids is 1. The van der Waals surface area contributed by atoms with Gasteiger partial charge in [-0.25, -0.2) is 0 Å². The van der Waals surface area contributed by atoms with Crippen LogP contribution in [0.5, 0.6) is 0 Å². The Balaban J connectivity index is 2.30. The molecule has 0 fully saturated rings. The van der Waals surface area contributed by atoms with E-state index in [0.717, 1.165) is 11.8 Å². The number of hydrogen-bond donors (Lipinski definition) is 6. The molecule has 0 aliphatic carbocycles. The number of hydrogen-bond acceptors (Lipinski definition) is 7. The summed E-state index contributed by atoms with van der Waals surface area (Å²) < 4.78 is 18.7. The molecule has 11 heteroatoms. The molecule has 132 valence electrons. The van der Waals surface area contributed by atoms with Crippen molar-refractivity contribution in [3.05, 3.63) is 24.3 Å². The van der Waals surface area contributed by atoms with Gasteiger partial charge in [-0.2, -0.15) is 0 Å². The molecule has 0 spiro atoms. The molecule has 0 aliphatic rings. The molecule has 1 aromatic carbocycles.